The average Bonchev–Trinajstić information content (AvgIpc) is 2.98. The molecule has 0 atom stereocenters. The highest BCUT2D eigenvalue weighted by Crippen LogP contribution is 2.27. The van der Waals surface area contributed by atoms with Crippen LogP contribution in [0.4, 0.5) is 5.82 Å². The van der Waals surface area contributed by atoms with Crippen molar-refractivity contribution in [3.05, 3.63) is 18.6 Å². The van der Waals surface area contributed by atoms with E-state index in [2.05, 4.69) is 30.8 Å². The number of aromatic nitrogens is 7. The Balaban J connectivity index is 2.10. The summed E-state index contributed by atoms with van der Waals surface area (Å²) in [4.78, 5) is 8.75. The maximum atomic E-state index is 4.47. The summed E-state index contributed by atoms with van der Waals surface area (Å²) in [7, 11) is 3.61. The van der Waals surface area contributed by atoms with Gasteiger partial charge in [0, 0.05) is 26.5 Å². The molecule has 0 unspecified atom stereocenters. The van der Waals surface area contributed by atoms with Crippen molar-refractivity contribution < 1.29 is 0 Å². The maximum absolute atomic E-state index is 4.47. The van der Waals surface area contributed by atoms with Crippen molar-refractivity contribution in [2.24, 2.45) is 7.05 Å². The van der Waals surface area contributed by atoms with Gasteiger partial charge in [0.15, 0.2) is 5.65 Å². The van der Waals surface area contributed by atoms with E-state index in [1.54, 1.807) is 17.9 Å². The van der Waals surface area contributed by atoms with Crippen LogP contribution < -0.4 is 5.32 Å². The van der Waals surface area contributed by atoms with Crippen LogP contribution in [0, 0.1) is 0 Å². The fraction of sp³-hybridized carbons (Fsp3) is 0.222. The quantitative estimate of drug-likeness (QED) is 0.733. The third-order valence-electron chi connectivity index (χ3n) is 2.37. The normalized spacial score (nSPS) is 11.0. The van der Waals surface area contributed by atoms with Crippen LogP contribution in [-0.4, -0.2) is 41.6 Å². The van der Waals surface area contributed by atoms with Crippen LogP contribution in [0.25, 0.3) is 5.65 Å². The highest BCUT2D eigenvalue weighted by atomic mass is 32.2. The number of imidazole rings is 1. The smallest absolute Gasteiger partial charge is 0.215 e. The molecule has 18 heavy (non-hydrogen) atoms. The first-order valence-electron chi connectivity index (χ1n) is 5.19. The lowest BCUT2D eigenvalue weighted by Gasteiger charge is -2.05. The number of nitrogens with zero attached hydrogens (tertiary/aromatic N) is 7. The molecule has 0 amide bonds. The minimum Gasteiger partial charge on any atom is -0.372 e. The Morgan fingerprint density at radius 2 is 2.28 bits per heavy atom. The number of hydrogen-bond donors (Lipinski definition) is 1. The molecule has 3 heterocycles. The summed E-state index contributed by atoms with van der Waals surface area (Å²) in [5, 5.41) is 15.7. The summed E-state index contributed by atoms with van der Waals surface area (Å²) in [6, 6.07) is 0. The zero-order valence-electron chi connectivity index (χ0n) is 9.77. The molecule has 8 nitrogen and oxygen atoms in total. The molecule has 3 aromatic rings. The van der Waals surface area contributed by atoms with Crippen molar-refractivity contribution in [1.29, 1.82) is 0 Å². The number of fused-ring (bicyclic) bond motifs is 1. The van der Waals surface area contributed by atoms with Gasteiger partial charge in [0.1, 0.15) is 10.8 Å². The van der Waals surface area contributed by atoms with Gasteiger partial charge in [0.25, 0.3) is 0 Å². The number of nitrogens with one attached hydrogen (secondary N) is 1. The molecule has 1 N–H and O–H groups in total. The molecule has 0 bridgehead atoms. The monoisotopic (exact) mass is 262 g/mol. The second-order valence-corrected chi connectivity index (χ2v) is 4.48. The fourth-order valence-corrected chi connectivity index (χ4v) is 2.30. The van der Waals surface area contributed by atoms with Crippen molar-refractivity contribution in [3.8, 4) is 0 Å². The molecular formula is C9H10N8S. The van der Waals surface area contributed by atoms with Gasteiger partial charge >= 0.3 is 0 Å². The SMILES string of the molecule is CNc1cn2ccnc2c(Sc2nnnn2C)n1. The lowest BCUT2D eigenvalue weighted by Crippen LogP contribution is -1.99. The second-order valence-electron chi connectivity index (χ2n) is 3.53. The van der Waals surface area contributed by atoms with Crippen molar-refractivity contribution in [3.63, 3.8) is 0 Å². The largest absolute Gasteiger partial charge is 0.372 e. The van der Waals surface area contributed by atoms with Crippen molar-refractivity contribution in [2.75, 3.05) is 12.4 Å². The second kappa shape index (κ2) is 4.26. The van der Waals surface area contributed by atoms with Gasteiger partial charge < -0.3 is 9.72 Å². The summed E-state index contributed by atoms with van der Waals surface area (Å²) in [6.07, 6.45) is 5.48. The van der Waals surface area contributed by atoms with E-state index in [0.29, 0.717) is 5.16 Å². The molecule has 0 aromatic carbocycles. The van der Waals surface area contributed by atoms with Crippen LogP contribution in [-0.2, 0) is 7.05 Å². The predicted octanol–water partition coefficient (Wildman–Crippen LogP) is 0.446. The number of rotatable bonds is 3. The zero-order valence-corrected chi connectivity index (χ0v) is 10.6. The third kappa shape index (κ3) is 1.78. The molecule has 92 valence electrons. The predicted molar refractivity (Wildman–Crippen MR) is 65.5 cm³/mol. The minimum absolute atomic E-state index is 0.667. The van der Waals surface area contributed by atoms with E-state index in [9.17, 15) is 0 Å². The van der Waals surface area contributed by atoms with E-state index in [1.165, 1.54) is 11.8 Å². The summed E-state index contributed by atoms with van der Waals surface area (Å²) >= 11 is 1.38. The molecule has 0 aliphatic carbocycles. The summed E-state index contributed by atoms with van der Waals surface area (Å²) in [6.45, 7) is 0. The van der Waals surface area contributed by atoms with Gasteiger partial charge in [-0.2, -0.15) is 0 Å². The topological polar surface area (TPSA) is 85.8 Å². The first kappa shape index (κ1) is 11.0. The fourth-order valence-electron chi connectivity index (χ4n) is 1.49. The van der Waals surface area contributed by atoms with Gasteiger partial charge in [-0.3, -0.25) is 0 Å². The molecule has 3 rings (SSSR count). The van der Waals surface area contributed by atoms with Gasteiger partial charge in [-0.15, -0.1) is 5.10 Å². The van der Waals surface area contributed by atoms with Crippen LogP contribution >= 0.6 is 11.8 Å². The molecule has 3 aromatic heterocycles. The van der Waals surface area contributed by atoms with Gasteiger partial charge in [0.05, 0.1) is 6.20 Å². The van der Waals surface area contributed by atoms with Crippen LogP contribution in [0.15, 0.2) is 28.8 Å². The summed E-state index contributed by atoms with van der Waals surface area (Å²) in [5.41, 5.74) is 0.780. The van der Waals surface area contributed by atoms with Crippen molar-refractivity contribution in [2.45, 2.75) is 10.2 Å². The zero-order chi connectivity index (χ0) is 12.5. The van der Waals surface area contributed by atoms with Crippen molar-refractivity contribution >= 4 is 23.2 Å². The van der Waals surface area contributed by atoms with Crippen LogP contribution in [0.1, 0.15) is 0 Å². The molecule has 0 aliphatic heterocycles. The molecule has 0 radical (unpaired) electrons. The molecule has 0 saturated carbocycles. The Kier molecular flexibility index (Phi) is 2.59. The highest BCUT2D eigenvalue weighted by molar-refractivity contribution is 7.99. The van der Waals surface area contributed by atoms with Crippen LogP contribution in [0.3, 0.4) is 0 Å². The molecule has 9 heteroatoms. The van der Waals surface area contributed by atoms with E-state index in [4.69, 9.17) is 0 Å². The Labute approximate surface area is 106 Å². The first-order chi connectivity index (χ1) is 8.78. The van der Waals surface area contributed by atoms with Crippen molar-refractivity contribution in [1.82, 2.24) is 34.6 Å². The molecular weight excluding hydrogens is 252 g/mol. The third-order valence-corrected chi connectivity index (χ3v) is 3.36. The Morgan fingerprint density at radius 3 is 3.00 bits per heavy atom. The van der Waals surface area contributed by atoms with Crippen LogP contribution in [0.5, 0.6) is 0 Å². The maximum Gasteiger partial charge on any atom is 0.215 e. The van der Waals surface area contributed by atoms with E-state index >= 15 is 0 Å². The Morgan fingerprint density at radius 1 is 1.39 bits per heavy atom. The molecule has 0 fully saturated rings. The number of aryl methyl sites for hydroxylation is 1. The number of anilines is 1. The highest BCUT2D eigenvalue weighted by Gasteiger charge is 2.12. The number of hydrogen-bond acceptors (Lipinski definition) is 7. The Bertz CT molecular complexity index is 687. The lowest BCUT2D eigenvalue weighted by molar-refractivity contribution is 0.664. The van der Waals surface area contributed by atoms with E-state index < -0.39 is 0 Å². The number of tetrazole rings is 1. The summed E-state index contributed by atoms with van der Waals surface area (Å²) < 4.78 is 3.50. The first-order valence-corrected chi connectivity index (χ1v) is 6.01. The minimum atomic E-state index is 0.667. The Hall–Kier alpha value is -2.16. The standard InChI is InChI=1S/C9H10N8S/c1-10-6-5-17-4-3-11-7(17)8(12-6)18-9-13-14-15-16(9)2/h3-5,10H,1-2H3. The average molecular weight is 262 g/mol. The molecule has 0 saturated heterocycles. The molecule has 0 aliphatic rings. The van der Waals surface area contributed by atoms with Gasteiger partial charge in [0.2, 0.25) is 5.16 Å². The van der Waals surface area contributed by atoms with E-state index in [-0.39, 0.29) is 0 Å². The van der Waals surface area contributed by atoms with E-state index in [1.807, 2.05) is 23.8 Å². The summed E-state index contributed by atoms with van der Waals surface area (Å²) in [5.74, 6) is 0.762. The van der Waals surface area contributed by atoms with E-state index in [0.717, 1.165) is 16.5 Å². The lowest BCUT2D eigenvalue weighted by atomic mass is 10.6. The van der Waals surface area contributed by atoms with Crippen LogP contribution in [0.2, 0.25) is 0 Å². The molecule has 0 spiro atoms. The van der Waals surface area contributed by atoms with Gasteiger partial charge in [-0.05, 0) is 22.2 Å². The van der Waals surface area contributed by atoms with Gasteiger partial charge in [-0.1, -0.05) is 0 Å². The van der Waals surface area contributed by atoms with Gasteiger partial charge in [-0.25, -0.2) is 14.6 Å².